The highest BCUT2D eigenvalue weighted by Gasteiger charge is 2.44. The Hall–Kier alpha value is -0.530. The summed E-state index contributed by atoms with van der Waals surface area (Å²) in [6.45, 7) is 16.6. The van der Waals surface area contributed by atoms with Gasteiger partial charge >= 0.3 is 5.97 Å². The number of hydrogen-bond acceptors (Lipinski definition) is 2. The molecular formula is C15H30O2. The zero-order valence-electron chi connectivity index (χ0n) is 12.9. The summed E-state index contributed by atoms with van der Waals surface area (Å²) in [7, 11) is 0. The minimum absolute atomic E-state index is 0.0318. The number of hydrogen-bond donors (Lipinski definition) is 0. The van der Waals surface area contributed by atoms with Gasteiger partial charge in [0.1, 0.15) is 5.60 Å². The van der Waals surface area contributed by atoms with Crippen LogP contribution in [0.5, 0.6) is 0 Å². The smallest absolute Gasteiger partial charge is 0.312 e. The largest absolute Gasteiger partial charge is 0.458 e. The number of rotatable bonds is 5. The molecule has 0 aromatic carbocycles. The van der Waals surface area contributed by atoms with Gasteiger partial charge in [-0.25, -0.2) is 0 Å². The van der Waals surface area contributed by atoms with E-state index in [1.54, 1.807) is 0 Å². The molecule has 0 rings (SSSR count). The SMILES string of the molecule is CCC(C)(C)C(=O)OC(CC)(CC)C(C)(C)C. The van der Waals surface area contributed by atoms with Gasteiger partial charge in [0.05, 0.1) is 5.41 Å². The van der Waals surface area contributed by atoms with Gasteiger partial charge in [-0.05, 0) is 33.1 Å². The van der Waals surface area contributed by atoms with Crippen LogP contribution in [-0.2, 0) is 9.53 Å². The second kappa shape index (κ2) is 5.41. The van der Waals surface area contributed by atoms with Crippen molar-refractivity contribution in [1.29, 1.82) is 0 Å². The molecule has 2 nitrogen and oxygen atoms in total. The van der Waals surface area contributed by atoms with Crippen LogP contribution < -0.4 is 0 Å². The fourth-order valence-electron chi connectivity index (χ4n) is 2.07. The third-order valence-electron chi connectivity index (χ3n) is 4.23. The van der Waals surface area contributed by atoms with Crippen molar-refractivity contribution in [2.24, 2.45) is 10.8 Å². The standard InChI is InChI=1S/C15H30O2/c1-9-14(7,8)12(16)17-15(10-2,11-3)13(4,5)6/h9-11H2,1-8H3. The van der Waals surface area contributed by atoms with Crippen LogP contribution in [0.25, 0.3) is 0 Å². The first-order valence-electron chi connectivity index (χ1n) is 6.79. The van der Waals surface area contributed by atoms with Crippen molar-refractivity contribution >= 4 is 5.97 Å². The Morgan fingerprint density at radius 2 is 1.29 bits per heavy atom. The fraction of sp³-hybridized carbons (Fsp3) is 0.933. The lowest BCUT2D eigenvalue weighted by atomic mass is 9.72. The maximum Gasteiger partial charge on any atom is 0.312 e. The Balaban J connectivity index is 5.10. The lowest BCUT2D eigenvalue weighted by Crippen LogP contribution is -2.48. The van der Waals surface area contributed by atoms with Crippen LogP contribution >= 0.6 is 0 Å². The minimum Gasteiger partial charge on any atom is -0.458 e. The molecule has 0 aliphatic carbocycles. The Morgan fingerprint density at radius 1 is 0.882 bits per heavy atom. The second-order valence-electron chi connectivity index (χ2n) is 6.58. The lowest BCUT2D eigenvalue weighted by molar-refractivity contribution is -0.185. The first-order valence-corrected chi connectivity index (χ1v) is 6.79. The van der Waals surface area contributed by atoms with Crippen LogP contribution in [0.1, 0.15) is 74.7 Å². The zero-order valence-corrected chi connectivity index (χ0v) is 12.9. The quantitative estimate of drug-likeness (QED) is 0.660. The molecule has 2 heteroatoms. The molecule has 0 amide bonds. The van der Waals surface area contributed by atoms with Gasteiger partial charge in [0.25, 0.3) is 0 Å². The van der Waals surface area contributed by atoms with Crippen molar-refractivity contribution in [2.75, 3.05) is 0 Å². The van der Waals surface area contributed by atoms with Gasteiger partial charge in [0.15, 0.2) is 0 Å². The van der Waals surface area contributed by atoms with Crippen LogP contribution in [0.3, 0.4) is 0 Å². The average Bonchev–Trinajstić information content (AvgIpc) is 2.23. The van der Waals surface area contributed by atoms with Gasteiger partial charge in [0, 0.05) is 5.41 Å². The Kier molecular flexibility index (Phi) is 5.24. The molecule has 17 heavy (non-hydrogen) atoms. The number of carbonyl (C=O) groups excluding carboxylic acids is 1. The van der Waals surface area contributed by atoms with Crippen LogP contribution in [0.15, 0.2) is 0 Å². The van der Waals surface area contributed by atoms with E-state index in [0.29, 0.717) is 0 Å². The van der Waals surface area contributed by atoms with Crippen LogP contribution in [0.2, 0.25) is 0 Å². The van der Waals surface area contributed by atoms with E-state index < -0.39 is 0 Å². The zero-order chi connectivity index (χ0) is 13.9. The maximum absolute atomic E-state index is 12.3. The maximum atomic E-state index is 12.3. The summed E-state index contributed by atoms with van der Waals surface area (Å²) < 4.78 is 5.92. The van der Waals surface area contributed by atoms with Crippen molar-refractivity contribution in [3.05, 3.63) is 0 Å². The summed E-state index contributed by atoms with van der Waals surface area (Å²) in [5, 5.41) is 0. The predicted molar refractivity (Wildman–Crippen MR) is 72.9 cm³/mol. The van der Waals surface area contributed by atoms with Crippen molar-refractivity contribution in [3.8, 4) is 0 Å². The summed E-state index contributed by atoms with van der Waals surface area (Å²) in [6.07, 6.45) is 2.52. The monoisotopic (exact) mass is 242 g/mol. The molecule has 0 spiro atoms. The van der Waals surface area contributed by atoms with Gasteiger partial charge in [-0.3, -0.25) is 4.79 Å². The molecular weight excluding hydrogens is 212 g/mol. The van der Waals surface area contributed by atoms with E-state index in [2.05, 4.69) is 34.6 Å². The molecule has 0 saturated carbocycles. The molecule has 102 valence electrons. The van der Waals surface area contributed by atoms with E-state index in [9.17, 15) is 4.79 Å². The Labute approximate surface area is 107 Å². The van der Waals surface area contributed by atoms with E-state index in [1.165, 1.54) is 0 Å². The van der Waals surface area contributed by atoms with Crippen molar-refractivity contribution in [1.82, 2.24) is 0 Å². The van der Waals surface area contributed by atoms with E-state index >= 15 is 0 Å². The van der Waals surface area contributed by atoms with Gasteiger partial charge in [-0.15, -0.1) is 0 Å². The van der Waals surface area contributed by atoms with Gasteiger partial charge < -0.3 is 4.74 Å². The van der Waals surface area contributed by atoms with Crippen LogP contribution in [0, 0.1) is 10.8 Å². The average molecular weight is 242 g/mol. The summed E-state index contributed by atoms with van der Waals surface area (Å²) in [5.74, 6) is -0.0707. The Bertz CT molecular complexity index is 255. The molecule has 0 heterocycles. The normalized spacial score (nSPS) is 13.6. The van der Waals surface area contributed by atoms with Crippen LogP contribution in [0.4, 0.5) is 0 Å². The summed E-state index contributed by atoms with van der Waals surface area (Å²) in [5.41, 5.74) is -0.770. The Morgan fingerprint density at radius 3 is 1.53 bits per heavy atom. The molecule has 0 aliphatic rings. The lowest BCUT2D eigenvalue weighted by Gasteiger charge is -2.44. The molecule has 0 atom stereocenters. The number of carbonyl (C=O) groups is 1. The molecule has 0 N–H and O–H groups in total. The molecule has 0 aliphatic heterocycles. The number of ether oxygens (including phenoxy) is 1. The second-order valence-corrected chi connectivity index (χ2v) is 6.58. The van der Waals surface area contributed by atoms with E-state index in [4.69, 9.17) is 4.74 Å². The molecule has 0 saturated heterocycles. The highest BCUT2D eigenvalue weighted by Crippen LogP contribution is 2.41. The third kappa shape index (κ3) is 3.46. The van der Waals surface area contributed by atoms with Gasteiger partial charge in [-0.2, -0.15) is 0 Å². The first kappa shape index (κ1) is 16.5. The van der Waals surface area contributed by atoms with E-state index in [-0.39, 0.29) is 22.4 Å². The van der Waals surface area contributed by atoms with Crippen molar-refractivity contribution in [3.63, 3.8) is 0 Å². The minimum atomic E-state index is -0.388. The summed E-state index contributed by atoms with van der Waals surface area (Å²) in [4.78, 5) is 12.3. The van der Waals surface area contributed by atoms with Crippen molar-refractivity contribution < 1.29 is 9.53 Å². The molecule has 0 bridgehead atoms. The third-order valence-corrected chi connectivity index (χ3v) is 4.23. The van der Waals surface area contributed by atoms with Crippen molar-refractivity contribution in [2.45, 2.75) is 80.3 Å². The highest BCUT2D eigenvalue weighted by molar-refractivity contribution is 5.76. The first-order chi connectivity index (χ1) is 7.56. The number of esters is 1. The summed E-state index contributed by atoms with van der Waals surface area (Å²) in [6, 6.07) is 0. The fourth-order valence-corrected chi connectivity index (χ4v) is 2.07. The topological polar surface area (TPSA) is 26.3 Å². The van der Waals surface area contributed by atoms with Gasteiger partial charge in [-0.1, -0.05) is 41.5 Å². The summed E-state index contributed by atoms with van der Waals surface area (Å²) >= 11 is 0. The predicted octanol–water partition coefficient (Wildman–Crippen LogP) is 4.57. The molecule has 0 radical (unpaired) electrons. The van der Waals surface area contributed by atoms with E-state index in [1.807, 2.05) is 20.8 Å². The molecule has 0 aromatic rings. The van der Waals surface area contributed by atoms with E-state index in [0.717, 1.165) is 19.3 Å². The highest BCUT2D eigenvalue weighted by atomic mass is 16.6. The van der Waals surface area contributed by atoms with Gasteiger partial charge in [0.2, 0.25) is 0 Å². The molecule has 0 fully saturated rings. The van der Waals surface area contributed by atoms with Crippen LogP contribution in [-0.4, -0.2) is 11.6 Å². The molecule has 0 aromatic heterocycles. The molecule has 0 unspecified atom stereocenters.